The van der Waals surface area contributed by atoms with E-state index in [0.717, 1.165) is 4.57 Å². The summed E-state index contributed by atoms with van der Waals surface area (Å²) >= 11 is 0. The fraction of sp³-hybridized carbons (Fsp3) is 0.667. The number of aliphatic hydroxyl groups is 6. The number of carbonyl (C=O) groups is 1. The molecule has 0 spiro atoms. The number of alkyl halides is 3. The number of nitrogens with zero attached hydrogens (tertiary/aromatic N) is 2. The van der Waals surface area contributed by atoms with Gasteiger partial charge in [-0.15, -0.1) is 0 Å². The highest BCUT2D eigenvalue weighted by molar-refractivity contribution is 5.50. The number of nitrogen functional groups attached to an aromatic ring is 1. The third kappa shape index (κ3) is 6.43. The van der Waals surface area contributed by atoms with Crippen LogP contribution in [0.1, 0.15) is 12.6 Å². The standard InChI is InChI=1S/C9H13N3O5.C6H9F3O4/c10-5-1-2-12(9(16)11-5)8-7(15)6(14)4(3-13)17-8;7-6(8,9)5(13)4(12)3(11)1-2-10/h1-2,4,6-8,13-15H,3H2,(H2,10,11,16);2-5,11-13H,1H2/t4-,6-,7-,8-;/m1./s1. The maximum absolute atomic E-state index is 11.7. The van der Waals surface area contributed by atoms with Crippen LogP contribution in [0.4, 0.5) is 19.0 Å². The molecule has 0 radical (unpaired) electrons. The molecule has 2 rings (SSSR count). The van der Waals surface area contributed by atoms with Crippen molar-refractivity contribution in [2.24, 2.45) is 0 Å². The average molecular weight is 445 g/mol. The first kappa shape index (κ1) is 25.9. The van der Waals surface area contributed by atoms with Gasteiger partial charge in [-0.25, -0.2) is 4.79 Å². The lowest BCUT2D eigenvalue weighted by Crippen LogP contribution is -2.46. The molecule has 15 heteroatoms. The van der Waals surface area contributed by atoms with Gasteiger partial charge in [-0.3, -0.25) is 4.57 Å². The molecule has 1 aromatic heterocycles. The van der Waals surface area contributed by atoms with Gasteiger partial charge in [0.1, 0.15) is 36.5 Å². The molecular weight excluding hydrogens is 423 g/mol. The lowest BCUT2D eigenvalue weighted by molar-refractivity contribution is -0.241. The van der Waals surface area contributed by atoms with Crippen molar-refractivity contribution in [1.82, 2.24) is 9.55 Å². The van der Waals surface area contributed by atoms with E-state index in [2.05, 4.69) is 4.98 Å². The van der Waals surface area contributed by atoms with E-state index >= 15 is 0 Å². The number of aromatic nitrogens is 2. The topological polar surface area (TPSA) is 209 Å². The first-order chi connectivity index (χ1) is 13.8. The van der Waals surface area contributed by atoms with Crippen molar-refractivity contribution in [2.45, 2.75) is 55.4 Å². The first-order valence-electron chi connectivity index (χ1n) is 8.36. The van der Waals surface area contributed by atoms with E-state index in [0.29, 0.717) is 0 Å². The molecule has 0 aromatic carbocycles. The Balaban J connectivity index is 0.000000314. The summed E-state index contributed by atoms with van der Waals surface area (Å²) in [6.45, 7) is -0.453. The summed E-state index contributed by atoms with van der Waals surface area (Å²) in [6, 6.07) is 1.37. The van der Waals surface area contributed by atoms with Gasteiger partial charge in [0.15, 0.2) is 12.3 Å². The van der Waals surface area contributed by atoms with E-state index in [9.17, 15) is 33.0 Å². The Labute approximate surface area is 166 Å². The van der Waals surface area contributed by atoms with Crippen LogP contribution >= 0.6 is 0 Å². The number of aliphatic hydroxyl groups excluding tert-OH is 6. The first-order valence-corrected chi connectivity index (χ1v) is 8.36. The highest BCUT2D eigenvalue weighted by Gasteiger charge is 2.45. The van der Waals surface area contributed by atoms with Crippen molar-refractivity contribution in [1.29, 1.82) is 0 Å². The van der Waals surface area contributed by atoms with Gasteiger partial charge >= 0.3 is 11.9 Å². The van der Waals surface area contributed by atoms with Crippen molar-refractivity contribution < 1.29 is 53.3 Å². The molecule has 1 saturated heterocycles. The van der Waals surface area contributed by atoms with Crippen LogP contribution in [0.15, 0.2) is 17.1 Å². The summed E-state index contributed by atoms with van der Waals surface area (Å²) in [4.78, 5) is 24.7. The molecular formula is C15H22F3N3O9. The number of anilines is 1. The van der Waals surface area contributed by atoms with E-state index in [-0.39, 0.29) is 12.1 Å². The average Bonchev–Trinajstić information content (AvgIpc) is 2.95. The molecule has 0 amide bonds. The molecule has 172 valence electrons. The molecule has 1 aromatic rings. The quantitative estimate of drug-likeness (QED) is 0.215. The molecule has 12 nitrogen and oxygen atoms in total. The predicted molar refractivity (Wildman–Crippen MR) is 90.7 cm³/mol. The van der Waals surface area contributed by atoms with Crippen molar-refractivity contribution in [3.05, 3.63) is 22.7 Å². The summed E-state index contributed by atoms with van der Waals surface area (Å²) in [5.41, 5.74) is 4.63. The van der Waals surface area contributed by atoms with Gasteiger partial charge in [-0.05, 0) is 6.07 Å². The Morgan fingerprint density at radius 1 is 1.27 bits per heavy atom. The Morgan fingerprint density at radius 3 is 2.30 bits per heavy atom. The summed E-state index contributed by atoms with van der Waals surface area (Å²) in [7, 11) is 0. The van der Waals surface area contributed by atoms with Gasteiger partial charge in [-0.2, -0.15) is 18.2 Å². The number of hydrogen-bond donors (Lipinski definition) is 7. The van der Waals surface area contributed by atoms with Crippen LogP contribution in [0, 0.1) is 0 Å². The highest BCUT2D eigenvalue weighted by atomic mass is 19.4. The minimum absolute atomic E-state index is 0.0537. The molecule has 0 aliphatic carbocycles. The number of ether oxygens (including phenoxy) is 1. The number of rotatable bonds is 6. The number of nitrogens with two attached hydrogens (primary N) is 1. The van der Waals surface area contributed by atoms with Crippen LogP contribution in [0.2, 0.25) is 0 Å². The van der Waals surface area contributed by atoms with Crippen LogP contribution in [-0.2, 0) is 9.53 Å². The van der Waals surface area contributed by atoms with E-state index in [4.69, 9.17) is 30.9 Å². The van der Waals surface area contributed by atoms with Gasteiger partial charge in [0.2, 0.25) is 0 Å². The summed E-state index contributed by atoms with van der Waals surface area (Å²) in [5.74, 6) is 0.0537. The molecule has 1 fully saturated rings. The molecule has 30 heavy (non-hydrogen) atoms. The zero-order valence-electron chi connectivity index (χ0n) is 15.2. The highest BCUT2D eigenvalue weighted by Crippen LogP contribution is 2.28. The lowest BCUT2D eigenvalue weighted by atomic mass is 10.1. The smallest absolute Gasteiger partial charge is 0.394 e. The van der Waals surface area contributed by atoms with E-state index in [1.165, 1.54) is 12.3 Å². The Kier molecular flexibility index (Phi) is 9.29. The van der Waals surface area contributed by atoms with Gasteiger partial charge in [-0.1, -0.05) is 0 Å². The van der Waals surface area contributed by atoms with Crippen LogP contribution in [0.3, 0.4) is 0 Å². The summed E-state index contributed by atoms with van der Waals surface area (Å²) in [5, 5.41) is 53.9. The van der Waals surface area contributed by atoms with Crippen LogP contribution in [0.25, 0.3) is 0 Å². The largest absolute Gasteiger partial charge is 0.417 e. The second-order valence-electron chi connectivity index (χ2n) is 6.22. The second-order valence-corrected chi connectivity index (χ2v) is 6.22. The SMILES string of the molecule is Nc1ccn([C@@H]2O[C@H](CO)[C@@H](O)[C@H]2O)c(=O)n1.O=CCC(O)C(O)C(O)C(F)(F)F. The van der Waals surface area contributed by atoms with E-state index in [1.54, 1.807) is 0 Å². The van der Waals surface area contributed by atoms with Crippen LogP contribution < -0.4 is 11.4 Å². The van der Waals surface area contributed by atoms with Gasteiger partial charge in [0.05, 0.1) is 12.7 Å². The fourth-order valence-corrected chi connectivity index (χ4v) is 2.37. The van der Waals surface area contributed by atoms with Crippen molar-refractivity contribution in [3.8, 4) is 0 Å². The molecule has 1 aliphatic heterocycles. The van der Waals surface area contributed by atoms with Crippen molar-refractivity contribution >= 4 is 12.1 Å². The molecule has 1 aliphatic rings. The predicted octanol–water partition coefficient (Wildman–Crippen LogP) is -3.34. The van der Waals surface area contributed by atoms with Crippen molar-refractivity contribution in [2.75, 3.05) is 12.3 Å². The molecule has 0 saturated carbocycles. The molecule has 2 heterocycles. The Bertz CT molecular complexity index is 748. The summed E-state index contributed by atoms with van der Waals surface area (Å²) in [6.07, 6.45) is -16.1. The molecule has 0 bridgehead atoms. The van der Waals surface area contributed by atoms with Crippen LogP contribution in [0.5, 0.6) is 0 Å². The zero-order valence-corrected chi connectivity index (χ0v) is 15.2. The third-order valence-corrected chi connectivity index (χ3v) is 4.03. The molecule has 8 N–H and O–H groups in total. The number of hydrogen-bond acceptors (Lipinski definition) is 11. The van der Waals surface area contributed by atoms with E-state index < -0.39 is 67.7 Å². The van der Waals surface area contributed by atoms with Gasteiger partial charge < -0.3 is 45.9 Å². The minimum atomic E-state index is -5.01. The fourth-order valence-electron chi connectivity index (χ4n) is 2.37. The summed E-state index contributed by atoms with van der Waals surface area (Å²) < 4.78 is 41.3. The zero-order chi connectivity index (χ0) is 23.2. The maximum atomic E-state index is 11.7. The van der Waals surface area contributed by atoms with Crippen molar-refractivity contribution in [3.63, 3.8) is 0 Å². The lowest BCUT2D eigenvalue weighted by Gasteiger charge is -2.23. The number of aldehydes is 1. The Morgan fingerprint density at radius 2 is 1.87 bits per heavy atom. The Hall–Kier alpha value is -2.14. The molecule has 7 atom stereocenters. The maximum Gasteiger partial charge on any atom is 0.417 e. The van der Waals surface area contributed by atoms with Gasteiger partial charge in [0, 0.05) is 12.6 Å². The van der Waals surface area contributed by atoms with Crippen LogP contribution in [-0.4, -0.2) is 95.9 Å². The second kappa shape index (κ2) is 10.8. The minimum Gasteiger partial charge on any atom is -0.394 e. The normalized spacial score (nSPS) is 27.0. The number of halogens is 3. The monoisotopic (exact) mass is 445 g/mol. The third-order valence-electron chi connectivity index (χ3n) is 4.03. The van der Waals surface area contributed by atoms with E-state index in [1.807, 2.05) is 0 Å². The molecule has 3 unspecified atom stereocenters. The number of carbonyl (C=O) groups excluding carboxylic acids is 1. The van der Waals surface area contributed by atoms with Gasteiger partial charge in [0.25, 0.3) is 0 Å².